The maximum absolute atomic E-state index is 11.3. The fourth-order valence-corrected chi connectivity index (χ4v) is 1.28. The number of unbranched alkanes of at least 4 members (excludes halogenated alkanes) is 1. The summed E-state index contributed by atoms with van der Waals surface area (Å²) in [5.74, 6) is 1.01. The molecular weight excluding hydrogens is 202 g/mol. The Morgan fingerprint density at radius 1 is 1.00 bits per heavy atom. The van der Waals surface area contributed by atoms with Gasteiger partial charge in [0.2, 0.25) is 5.91 Å². The van der Waals surface area contributed by atoms with E-state index in [-0.39, 0.29) is 11.8 Å². The Balaban J connectivity index is 3.45. The number of amides is 1. The zero-order valence-corrected chi connectivity index (χ0v) is 11.0. The third-order valence-electron chi connectivity index (χ3n) is 2.43. The van der Waals surface area contributed by atoms with Gasteiger partial charge in [-0.15, -0.1) is 0 Å². The van der Waals surface area contributed by atoms with Crippen LogP contribution in [-0.4, -0.2) is 18.2 Å². The van der Waals surface area contributed by atoms with E-state index < -0.39 is 0 Å². The second kappa shape index (κ2) is 8.31. The topological polar surface area (TPSA) is 46.2 Å². The molecular formula is C13H25NO2. The van der Waals surface area contributed by atoms with Gasteiger partial charge in [0.1, 0.15) is 5.78 Å². The SMILES string of the molecule is CC(C)CNC(=O)CCCCC(=O)C(C)C. The van der Waals surface area contributed by atoms with Crippen LogP contribution in [0.3, 0.4) is 0 Å². The van der Waals surface area contributed by atoms with E-state index in [1.54, 1.807) is 0 Å². The molecule has 0 aliphatic heterocycles. The molecule has 0 aromatic heterocycles. The van der Waals surface area contributed by atoms with Crippen LogP contribution in [0.1, 0.15) is 53.4 Å². The minimum absolute atomic E-state index is 0.102. The highest BCUT2D eigenvalue weighted by molar-refractivity contribution is 5.80. The lowest BCUT2D eigenvalue weighted by molar-refractivity contribution is -0.123. The Labute approximate surface area is 99.0 Å². The molecule has 16 heavy (non-hydrogen) atoms. The Bertz CT molecular complexity index is 222. The van der Waals surface area contributed by atoms with Crippen molar-refractivity contribution in [1.82, 2.24) is 5.32 Å². The first-order valence-electron chi connectivity index (χ1n) is 6.23. The van der Waals surface area contributed by atoms with Crippen LogP contribution in [0.2, 0.25) is 0 Å². The number of carbonyl (C=O) groups excluding carboxylic acids is 2. The fraction of sp³-hybridized carbons (Fsp3) is 0.846. The summed E-state index contributed by atoms with van der Waals surface area (Å²) in [5, 5.41) is 2.87. The van der Waals surface area contributed by atoms with E-state index in [4.69, 9.17) is 0 Å². The molecule has 0 aliphatic rings. The molecule has 0 aromatic carbocycles. The third-order valence-corrected chi connectivity index (χ3v) is 2.43. The van der Waals surface area contributed by atoms with Crippen LogP contribution in [0.15, 0.2) is 0 Å². The van der Waals surface area contributed by atoms with Crippen LogP contribution >= 0.6 is 0 Å². The van der Waals surface area contributed by atoms with Gasteiger partial charge < -0.3 is 5.32 Å². The van der Waals surface area contributed by atoms with Crippen LogP contribution in [0, 0.1) is 11.8 Å². The summed E-state index contributed by atoms with van der Waals surface area (Å²) in [6.07, 6.45) is 2.78. The lowest BCUT2D eigenvalue weighted by Gasteiger charge is -2.07. The van der Waals surface area contributed by atoms with Crippen molar-refractivity contribution in [2.45, 2.75) is 53.4 Å². The van der Waals surface area contributed by atoms with Gasteiger partial charge in [0.25, 0.3) is 0 Å². The molecule has 0 bridgehead atoms. The predicted octanol–water partition coefficient (Wildman–Crippen LogP) is 2.54. The summed E-state index contributed by atoms with van der Waals surface area (Å²) >= 11 is 0. The number of Topliss-reactive ketones (excluding diaryl/α,β-unsaturated/α-hetero) is 1. The summed E-state index contributed by atoms with van der Waals surface area (Å²) in [5.41, 5.74) is 0. The highest BCUT2D eigenvalue weighted by Crippen LogP contribution is 2.06. The van der Waals surface area contributed by atoms with Crippen LogP contribution < -0.4 is 5.32 Å². The summed E-state index contributed by atoms with van der Waals surface area (Å²) in [6, 6.07) is 0. The van der Waals surface area contributed by atoms with Gasteiger partial charge in [0.15, 0.2) is 0 Å². The zero-order chi connectivity index (χ0) is 12.6. The van der Waals surface area contributed by atoms with E-state index in [9.17, 15) is 9.59 Å². The highest BCUT2D eigenvalue weighted by Gasteiger charge is 2.07. The van der Waals surface area contributed by atoms with Gasteiger partial charge in [0, 0.05) is 25.3 Å². The lowest BCUT2D eigenvalue weighted by atomic mass is 10.0. The Kier molecular flexibility index (Phi) is 7.86. The first-order valence-corrected chi connectivity index (χ1v) is 6.23. The van der Waals surface area contributed by atoms with E-state index in [0.717, 1.165) is 19.4 Å². The smallest absolute Gasteiger partial charge is 0.220 e. The third kappa shape index (κ3) is 8.45. The second-order valence-corrected chi connectivity index (χ2v) is 5.03. The second-order valence-electron chi connectivity index (χ2n) is 5.03. The molecule has 0 fully saturated rings. The van der Waals surface area contributed by atoms with Gasteiger partial charge in [-0.25, -0.2) is 0 Å². The molecule has 0 radical (unpaired) electrons. The van der Waals surface area contributed by atoms with Crippen LogP contribution in [0.4, 0.5) is 0 Å². The van der Waals surface area contributed by atoms with Gasteiger partial charge in [-0.3, -0.25) is 9.59 Å². The van der Waals surface area contributed by atoms with Gasteiger partial charge in [0.05, 0.1) is 0 Å². The van der Waals surface area contributed by atoms with Crippen molar-refractivity contribution in [2.24, 2.45) is 11.8 Å². The van der Waals surface area contributed by atoms with E-state index in [1.807, 2.05) is 13.8 Å². The van der Waals surface area contributed by atoms with Crippen molar-refractivity contribution < 1.29 is 9.59 Å². The zero-order valence-electron chi connectivity index (χ0n) is 11.0. The predicted molar refractivity (Wildman–Crippen MR) is 66.2 cm³/mol. The number of ketones is 1. The lowest BCUT2D eigenvalue weighted by Crippen LogP contribution is -2.26. The minimum atomic E-state index is 0.102. The van der Waals surface area contributed by atoms with Crippen molar-refractivity contribution in [3.05, 3.63) is 0 Å². The standard InChI is InChI=1S/C13H25NO2/c1-10(2)9-14-13(16)8-6-5-7-12(15)11(3)4/h10-11H,5-9H2,1-4H3,(H,14,16). The molecule has 94 valence electrons. The Morgan fingerprint density at radius 3 is 2.06 bits per heavy atom. The highest BCUT2D eigenvalue weighted by atomic mass is 16.1. The average molecular weight is 227 g/mol. The van der Waals surface area contributed by atoms with Crippen molar-refractivity contribution >= 4 is 11.7 Å². The molecule has 0 saturated heterocycles. The number of nitrogens with one attached hydrogen (secondary N) is 1. The Hall–Kier alpha value is -0.860. The molecule has 3 heteroatoms. The first kappa shape index (κ1) is 15.1. The summed E-state index contributed by atoms with van der Waals surface area (Å²) in [4.78, 5) is 22.6. The maximum Gasteiger partial charge on any atom is 0.220 e. The van der Waals surface area contributed by atoms with Crippen LogP contribution in [0.25, 0.3) is 0 Å². The quantitative estimate of drug-likeness (QED) is 0.648. The molecule has 0 saturated carbocycles. The molecule has 0 heterocycles. The molecule has 0 aromatic rings. The fourth-order valence-electron chi connectivity index (χ4n) is 1.28. The van der Waals surface area contributed by atoms with Gasteiger partial charge in [-0.2, -0.15) is 0 Å². The van der Waals surface area contributed by atoms with E-state index in [2.05, 4.69) is 19.2 Å². The molecule has 3 nitrogen and oxygen atoms in total. The van der Waals surface area contributed by atoms with Crippen molar-refractivity contribution in [2.75, 3.05) is 6.54 Å². The summed E-state index contributed by atoms with van der Waals surface area (Å²) in [7, 11) is 0. The van der Waals surface area contributed by atoms with E-state index in [0.29, 0.717) is 24.5 Å². The molecule has 0 unspecified atom stereocenters. The van der Waals surface area contributed by atoms with Crippen molar-refractivity contribution in [3.63, 3.8) is 0 Å². The van der Waals surface area contributed by atoms with Crippen molar-refractivity contribution in [3.8, 4) is 0 Å². The first-order chi connectivity index (χ1) is 7.43. The number of carbonyl (C=O) groups is 2. The minimum Gasteiger partial charge on any atom is -0.356 e. The van der Waals surface area contributed by atoms with Gasteiger partial charge in [-0.05, 0) is 18.8 Å². The average Bonchev–Trinajstić information content (AvgIpc) is 2.20. The van der Waals surface area contributed by atoms with Gasteiger partial charge in [-0.1, -0.05) is 27.7 Å². The summed E-state index contributed by atoms with van der Waals surface area (Å²) < 4.78 is 0. The van der Waals surface area contributed by atoms with Gasteiger partial charge >= 0.3 is 0 Å². The molecule has 0 aliphatic carbocycles. The van der Waals surface area contributed by atoms with E-state index in [1.165, 1.54) is 0 Å². The van der Waals surface area contributed by atoms with E-state index >= 15 is 0 Å². The molecule has 1 N–H and O–H groups in total. The Morgan fingerprint density at radius 2 is 1.56 bits per heavy atom. The number of hydrogen-bond acceptors (Lipinski definition) is 2. The molecule has 1 amide bonds. The number of hydrogen-bond donors (Lipinski definition) is 1. The van der Waals surface area contributed by atoms with Crippen molar-refractivity contribution in [1.29, 1.82) is 0 Å². The number of rotatable bonds is 8. The molecule has 0 rings (SSSR count). The maximum atomic E-state index is 11.3. The summed E-state index contributed by atoms with van der Waals surface area (Å²) in [6.45, 7) is 8.71. The van der Waals surface area contributed by atoms with Crippen LogP contribution in [-0.2, 0) is 9.59 Å². The molecule has 0 spiro atoms. The normalized spacial score (nSPS) is 10.9. The monoisotopic (exact) mass is 227 g/mol. The molecule has 0 atom stereocenters. The largest absolute Gasteiger partial charge is 0.356 e. The van der Waals surface area contributed by atoms with Crippen LogP contribution in [0.5, 0.6) is 0 Å².